The lowest BCUT2D eigenvalue weighted by atomic mass is 10.3. The van der Waals surface area contributed by atoms with Crippen LogP contribution >= 0.6 is 0 Å². The van der Waals surface area contributed by atoms with Crippen molar-refractivity contribution < 1.29 is 19.5 Å². The molecule has 0 saturated heterocycles. The van der Waals surface area contributed by atoms with Gasteiger partial charge in [-0.3, -0.25) is 9.59 Å². The molecule has 0 aliphatic rings. The molecule has 0 radical (unpaired) electrons. The highest BCUT2D eigenvalue weighted by Crippen LogP contribution is 1.88. The molecule has 0 heterocycles. The summed E-state index contributed by atoms with van der Waals surface area (Å²) in [6.07, 6.45) is 0. The number of aliphatic carboxylic acids is 1. The molecule has 0 saturated carbocycles. The number of carboxylic acids is 1. The molecule has 0 rings (SSSR count). The van der Waals surface area contributed by atoms with E-state index in [1.54, 1.807) is 0 Å². The highest BCUT2D eigenvalue weighted by molar-refractivity contribution is 5.86. The molecule has 0 aromatic heterocycles. The monoisotopic (exact) mass is 217 g/mol. The molecule has 0 aliphatic carbocycles. The van der Waals surface area contributed by atoms with Crippen molar-refractivity contribution in [3.8, 4) is 0 Å². The van der Waals surface area contributed by atoms with Crippen LogP contribution in [0.25, 0.3) is 0 Å². The van der Waals surface area contributed by atoms with E-state index in [0.717, 1.165) is 4.90 Å². The van der Waals surface area contributed by atoms with E-state index >= 15 is 0 Å². The molecule has 1 unspecified atom stereocenters. The average molecular weight is 217 g/mol. The van der Waals surface area contributed by atoms with E-state index in [9.17, 15) is 14.4 Å². The Kier molecular flexibility index (Phi) is 5.14. The smallest absolute Gasteiger partial charge is 0.325 e. The second-order valence-electron chi connectivity index (χ2n) is 3.04. The van der Waals surface area contributed by atoms with E-state index in [0.29, 0.717) is 0 Å². The second-order valence-corrected chi connectivity index (χ2v) is 3.04. The van der Waals surface area contributed by atoms with Crippen molar-refractivity contribution in [2.75, 3.05) is 20.6 Å². The van der Waals surface area contributed by atoms with E-state index in [-0.39, 0.29) is 12.5 Å². The Morgan fingerprint density at radius 2 is 1.93 bits per heavy atom. The number of carbonyl (C=O) groups is 3. The van der Waals surface area contributed by atoms with Crippen molar-refractivity contribution in [2.45, 2.75) is 13.0 Å². The van der Waals surface area contributed by atoms with E-state index in [2.05, 4.69) is 10.6 Å². The second kappa shape index (κ2) is 5.84. The molecule has 7 nitrogen and oxygen atoms in total. The first-order valence-electron chi connectivity index (χ1n) is 4.33. The van der Waals surface area contributed by atoms with Crippen LogP contribution in [0.4, 0.5) is 4.79 Å². The maximum Gasteiger partial charge on any atom is 0.325 e. The number of nitrogens with one attached hydrogen (secondary N) is 2. The number of hydrogen-bond donors (Lipinski definition) is 3. The Morgan fingerprint density at radius 1 is 1.40 bits per heavy atom. The third-order valence-electron chi connectivity index (χ3n) is 1.72. The quantitative estimate of drug-likeness (QED) is 0.553. The number of amides is 3. The Balaban J connectivity index is 4.10. The Hall–Kier alpha value is -1.79. The molecule has 15 heavy (non-hydrogen) atoms. The summed E-state index contributed by atoms with van der Waals surface area (Å²) in [5.74, 6) is -1.45. The molecule has 1 atom stereocenters. The summed E-state index contributed by atoms with van der Waals surface area (Å²) < 4.78 is 0. The lowest BCUT2D eigenvalue weighted by Gasteiger charge is -2.18. The molecule has 0 bridgehead atoms. The summed E-state index contributed by atoms with van der Waals surface area (Å²) in [6.45, 7) is 1.22. The minimum atomic E-state index is -1.13. The van der Waals surface area contributed by atoms with Gasteiger partial charge in [-0.25, -0.2) is 4.79 Å². The van der Waals surface area contributed by atoms with Crippen LogP contribution in [0.5, 0.6) is 0 Å². The fraction of sp³-hybridized carbons (Fsp3) is 0.625. The molecule has 0 aromatic carbocycles. The van der Waals surface area contributed by atoms with Crippen LogP contribution in [0.15, 0.2) is 0 Å². The number of urea groups is 1. The van der Waals surface area contributed by atoms with Crippen LogP contribution in [-0.4, -0.2) is 54.6 Å². The van der Waals surface area contributed by atoms with E-state index in [4.69, 9.17) is 5.11 Å². The van der Waals surface area contributed by atoms with E-state index < -0.39 is 18.0 Å². The molecule has 0 aliphatic heterocycles. The van der Waals surface area contributed by atoms with Crippen LogP contribution in [0.1, 0.15) is 6.92 Å². The summed E-state index contributed by atoms with van der Waals surface area (Å²) in [5.41, 5.74) is 0. The number of rotatable bonds is 4. The van der Waals surface area contributed by atoms with Crippen LogP contribution in [0, 0.1) is 0 Å². The minimum absolute atomic E-state index is 0.116. The highest BCUT2D eigenvalue weighted by Gasteiger charge is 2.17. The lowest BCUT2D eigenvalue weighted by molar-refractivity contribution is -0.138. The molecule has 86 valence electrons. The Bertz CT molecular complexity index is 267. The van der Waals surface area contributed by atoms with Gasteiger partial charge in [-0.1, -0.05) is 0 Å². The normalized spacial score (nSPS) is 11.4. The number of hydrogen-bond acceptors (Lipinski definition) is 3. The average Bonchev–Trinajstić information content (AvgIpc) is 2.16. The zero-order chi connectivity index (χ0) is 12.0. The zero-order valence-corrected chi connectivity index (χ0v) is 8.90. The van der Waals surface area contributed by atoms with E-state index in [1.165, 1.54) is 21.0 Å². The summed E-state index contributed by atoms with van der Waals surface area (Å²) >= 11 is 0. The SMILES string of the molecule is CNC(=O)CN(C)C(=O)NC(C)C(=O)O. The van der Waals surface area contributed by atoms with Crippen LogP contribution in [0.2, 0.25) is 0 Å². The van der Waals surface area contributed by atoms with Gasteiger partial charge in [0.05, 0.1) is 0 Å². The van der Waals surface area contributed by atoms with Crippen LogP contribution < -0.4 is 10.6 Å². The summed E-state index contributed by atoms with van der Waals surface area (Å²) in [7, 11) is 2.85. The first kappa shape index (κ1) is 13.2. The lowest BCUT2D eigenvalue weighted by Crippen LogP contribution is -2.47. The number of likely N-dealkylation sites (N-methyl/N-ethyl adjacent to an activating group) is 2. The van der Waals surface area contributed by atoms with Crippen LogP contribution in [0.3, 0.4) is 0 Å². The van der Waals surface area contributed by atoms with Gasteiger partial charge in [0.1, 0.15) is 12.6 Å². The third kappa shape index (κ3) is 4.84. The molecule has 3 amide bonds. The topological polar surface area (TPSA) is 98.7 Å². The van der Waals surface area contributed by atoms with Gasteiger partial charge in [-0.2, -0.15) is 0 Å². The van der Waals surface area contributed by atoms with Crippen molar-refractivity contribution in [1.82, 2.24) is 15.5 Å². The van der Waals surface area contributed by atoms with Crippen molar-refractivity contribution in [1.29, 1.82) is 0 Å². The largest absolute Gasteiger partial charge is 0.480 e. The van der Waals surface area contributed by atoms with Crippen LogP contribution in [-0.2, 0) is 9.59 Å². The van der Waals surface area contributed by atoms with Gasteiger partial charge in [0.2, 0.25) is 5.91 Å². The van der Waals surface area contributed by atoms with Gasteiger partial charge in [-0.05, 0) is 6.92 Å². The first-order chi connectivity index (χ1) is 6.88. The fourth-order valence-corrected chi connectivity index (χ4v) is 0.723. The Morgan fingerprint density at radius 3 is 2.33 bits per heavy atom. The molecule has 0 aromatic rings. The van der Waals surface area contributed by atoms with Gasteiger partial charge >= 0.3 is 12.0 Å². The van der Waals surface area contributed by atoms with E-state index in [1.807, 2.05) is 0 Å². The Labute approximate surface area is 87.4 Å². The summed E-state index contributed by atoms with van der Waals surface area (Å²) in [4.78, 5) is 33.7. The van der Waals surface area contributed by atoms with Crippen molar-refractivity contribution in [2.24, 2.45) is 0 Å². The first-order valence-corrected chi connectivity index (χ1v) is 4.33. The third-order valence-corrected chi connectivity index (χ3v) is 1.72. The number of carboxylic acid groups (broad SMARTS) is 1. The van der Waals surface area contributed by atoms with Crippen molar-refractivity contribution in [3.05, 3.63) is 0 Å². The standard InChI is InChI=1S/C8H15N3O4/c1-5(7(13)14)10-8(15)11(3)4-6(12)9-2/h5H,4H2,1-3H3,(H,9,12)(H,10,15)(H,13,14). The van der Waals surface area contributed by atoms with Gasteiger partial charge in [-0.15, -0.1) is 0 Å². The maximum absolute atomic E-state index is 11.3. The summed E-state index contributed by atoms with van der Waals surface area (Å²) in [5, 5.41) is 13.1. The number of nitrogens with zero attached hydrogens (tertiary/aromatic N) is 1. The van der Waals surface area contributed by atoms with Gasteiger partial charge in [0.25, 0.3) is 0 Å². The zero-order valence-electron chi connectivity index (χ0n) is 8.90. The predicted molar refractivity (Wildman–Crippen MR) is 52.3 cm³/mol. The molecular formula is C8H15N3O4. The maximum atomic E-state index is 11.3. The number of carbonyl (C=O) groups excluding carboxylic acids is 2. The van der Waals surface area contributed by atoms with Gasteiger partial charge in [0, 0.05) is 14.1 Å². The molecule has 0 fully saturated rings. The fourth-order valence-electron chi connectivity index (χ4n) is 0.723. The molecular weight excluding hydrogens is 202 g/mol. The van der Waals surface area contributed by atoms with Gasteiger partial charge < -0.3 is 20.6 Å². The molecule has 3 N–H and O–H groups in total. The minimum Gasteiger partial charge on any atom is -0.480 e. The van der Waals surface area contributed by atoms with Gasteiger partial charge in [0.15, 0.2) is 0 Å². The molecule has 0 spiro atoms. The molecule has 7 heteroatoms. The predicted octanol–water partition coefficient (Wildman–Crippen LogP) is -1.15. The highest BCUT2D eigenvalue weighted by atomic mass is 16.4. The van der Waals surface area contributed by atoms with Crippen molar-refractivity contribution in [3.63, 3.8) is 0 Å². The summed E-state index contributed by atoms with van der Waals surface area (Å²) in [6, 6.07) is -1.59. The van der Waals surface area contributed by atoms with Crippen molar-refractivity contribution >= 4 is 17.9 Å².